The van der Waals surface area contributed by atoms with E-state index >= 15 is 4.39 Å². The summed E-state index contributed by atoms with van der Waals surface area (Å²) in [6.45, 7) is 2.76. The van der Waals surface area contributed by atoms with Crippen LogP contribution >= 0.6 is 0 Å². The molecule has 1 aromatic heterocycles. The van der Waals surface area contributed by atoms with Crippen molar-refractivity contribution in [2.75, 3.05) is 18.9 Å². The Labute approximate surface area is 201 Å². The second kappa shape index (κ2) is 10.2. The highest BCUT2D eigenvalue weighted by molar-refractivity contribution is 7.92. The number of methoxy groups -OCH3 is 2. The normalized spacial score (nSPS) is 25.3. The van der Waals surface area contributed by atoms with Gasteiger partial charge in [0, 0.05) is 19.7 Å². The molecule has 1 fully saturated rings. The van der Waals surface area contributed by atoms with E-state index in [1.807, 2.05) is 6.07 Å². The van der Waals surface area contributed by atoms with Gasteiger partial charge in [-0.2, -0.15) is 0 Å². The van der Waals surface area contributed by atoms with Gasteiger partial charge in [-0.1, -0.05) is 19.1 Å². The van der Waals surface area contributed by atoms with Gasteiger partial charge in [0.2, 0.25) is 5.88 Å². The van der Waals surface area contributed by atoms with Gasteiger partial charge < -0.3 is 14.8 Å². The number of nitrogens with one attached hydrogen (secondary N) is 2. The zero-order chi connectivity index (χ0) is 24.3. The number of hydrogen-bond acceptors (Lipinski definition) is 6. The quantitative estimate of drug-likeness (QED) is 0.595. The fourth-order valence-corrected chi connectivity index (χ4v) is 5.95. The molecule has 1 atom stereocenters. The van der Waals surface area contributed by atoms with Crippen LogP contribution < -0.4 is 14.8 Å². The van der Waals surface area contributed by atoms with Crippen molar-refractivity contribution >= 4 is 15.7 Å². The number of pyridine rings is 1. The van der Waals surface area contributed by atoms with E-state index in [2.05, 4.69) is 21.9 Å². The average molecular weight is 492 g/mol. The smallest absolute Gasteiger partial charge is 0.262 e. The van der Waals surface area contributed by atoms with E-state index in [-0.39, 0.29) is 16.9 Å². The first-order valence-corrected chi connectivity index (χ1v) is 13.4. The van der Waals surface area contributed by atoms with E-state index in [4.69, 9.17) is 9.47 Å². The molecule has 2 N–H and O–H groups in total. The van der Waals surface area contributed by atoms with Crippen LogP contribution in [-0.2, 0) is 33.4 Å². The van der Waals surface area contributed by atoms with Crippen molar-refractivity contribution in [3.8, 4) is 5.88 Å². The highest BCUT2D eigenvalue weighted by atomic mass is 32.2. The summed E-state index contributed by atoms with van der Waals surface area (Å²) in [4.78, 5) is 4.63. The predicted octanol–water partition coefficient (Wildman–Crippen LogP) is 4.46. The minimum atomic E-state index is -3.91. The molecule has 2 heterocycles. The van der Waals surface area contributed by atoms with Crippen LogP contribution in [0.15, 0.2) is 35.2 Å². The van der Waals surface area contributed by atoms with E-state index in [0.29, 0.717) is 49.5 Å². The fraction of sp³-hybridized carbons (Fsp3) is 0.560. The third-order valence-corrected chi connectivity index (χ3v) is 8.53. The van der Waals surface area contributed by atoms with E-state index in [1.165, 1.54) is 19.2 Å². The first kappa shape index (κ1) is 24.9. The molecule has 0 saturated heterocycles. The van der Waals surface area contributed by atoms with Gasteiger partial charge >= 0.3 is 0 Å². The summed E-state index contributed by atoms with van der Waals surface area (Å²) in [5.74, 6) is 0.230. The molecule has 2 aliphatic rings. The Kier molecular flexibility index (Phi) is 7.45. The van der Waals surface area contributed by atoms with Crippen LogP contribution in [0, 0.1) is 0 Å². The number of fused-ring (bicyclic) bond motifs is 1. The van der Waals surface area contributed by atoms with Crippen molar-refractivity contribution in [2.24, 2.45) is 0 Å². The standard InChI is InChI=1S/C25H34FN3O4S/c1-4-19-8-5-17-15-22(24(33-3)28-23(17)16-27-19)29-34(30,31)21-9-6-18(7-10-21)25(26)13-11-20(32-2)12-14-25/h6-7,9-10,15,19-20,27,29H,4-5,8,11-14,16H2,1-3H3. The monoisotopic (exact) mass is 491 g/mol. The lowest BCUT2D eigenvalue weighted by molar-refractivity contribution is 0.00579. The Morgan fingerprint density at radius 3 is 2.50 bits per heavy atom. The van der Waals surface area contributed by atoms with E-state index in [0.717, 1.165) is 30.5 Å². The van der Waals surface area contributed by atoms with E-state index < -0.39 is 15.7 Å². The molecule has 186 valence electrons. The van der Waals surface area contributed by atoms with Gasteiger partial charge in [-0.3, -0.25) is 4.72 Å². The molecule has 1 saturated carbocycles. The van der Waals surface area contributed by atoms with Crippen molar-refractivity contribution in [1.82, 2.24) is 10.3 Å². The average Bonchev–Trinajstić information content (AvgIpc) is 3.05. The largest absolute Gasteiger partial charge is 0.479 e. The molecular weight excluding hydrogens is 457 g/mol. The highest BCUT2D eigenvalue weighted by Gasteiger charge is 2.37. The second-order valence-electron chi connectivity index (χ2n) is 9.21. The van der Waals surface area contributed by atoms with Crippen LogP contribution in [0.5, 0.6) is 5.88 Å². The predicted molar refractivity (Wildman–Crippen MR) is 129 cm³/mol. The molecule has 4 rings (SSSR count). The summed E-state index contributed by atoms with van der Waals surface area (Å²) >= 11 is 0. The number of sulfonamides is 1. The summed E-state index contributed by atoms with van der Waals surface area (Å²) in [7, 11) is -0.785. The van der Waals surface area contributed by atoms with E-state index in [1.54, 1.807) is 19.2 Å². The minimum Gasteiger partial charge on any atom is -0.479 e. The topological polar surface area (TPSA) is 89.6 Å². The lowest BCUT2D eigenvalue weighted by Crippen LogP contribution is -2.30. The van der Waals surface area contributed by atoms with Gasteiger partial charge in [0.25, 0.3) is 10.0 Å². The van der Waals surface area contributed by atoms with Crippen molar-refractivity contribution in [2.45, 2.75) is 81.1 Å². The van der Waals surface area contributed by atoms with Crippen molar-refractivity contribution in [1.29, 1.82) is 0 Å². The number of halogens is 1. The second-order valence-corrected chi connectivity index (χ2v) is 10.9. The summed E-state index contributed by atoms with van der Waals surface area (Å²) in [6, 6.07) is 8.29. The highest BCUT2D eigenvalue weighted by Crippen LogP contribution is 2.41. The van der Waals surface area contributed by atoms with Crippen LogP contribution in [0.3, 0.4) is 0 Å². The molecule has 1 aliphatic carbocycles. The zero-order valence-electron chi connectivity index (χ0n) is 20.1. The third-order valence-electron chi connectivity index (χ3n) is 7.15. The summed E-state index contributed by atoms with van der Waals surface area (Å²) in [5, 5.41) is 3.48. The van der Waals surface area contributed by atoms with Crippen LogP contribution in [0.25, 0.3) is 0 Å². The van der Waals surface area contributed by atoms with Crippen LogP contribution in [0.2, 0.25) is 0 Å². The summed E-state index contributed by atoms with van der Waals surface area (Å²) in [5.41, 5.74) is 1.22. The molecule has 7 nitrogen and oxygen atoms in total. The number of ether oxygens (including phenoxy) is 2. The first-order valence-electron chi connectivity index (χ1n) is 11.9. The molecule has 1 aliphatic heterocycles. The Morgan fingerprint density at radius 2 is 1.88 bits per heavy atom. The van der Waals surface area contributed by atoms with Gasteiger partial charge in [-0.25, -0.2) is 17.8 Å². The molecule has 0 spiro atoms. The fourth-order valence-electron chi connectivity index (χ4n) is 4.90. The maximum Gasteiger partial charge on any atom is 0.262 e. The van der Waals surface area contributed by atoms with Crippen LogP contribution in [0.4, 0.5) is 10.1 Å². The zero-order valence-corrected chi connectivity index (χ0v) is 20.9. The van der Waals surface area contributed by atoms with E-state index in [9.17, 15) is 8.42 Å². The molecular formula is C25H34FN3O4S. The molecule has 1 unspecified atom stereocenters. The number of nitrogens with zero attached hydrogens (tertiary/aromatic N) is 1. The molecule has 9 heteroatoms. The first-order chi connectivity index (χ1) is 16.3. The Morgan fingerprint density at radius 1 is 1.18 bits per heavy atom. The maximum absolute atomic E-state index is 15.5. The van der Waals surface area contributed by atoms with Crippen molar-refractivity contribution < 1.29 is 22.3 Å². The molecule has 1 aromatic carbocycles. The van der Waals surface area contributed by atoms with Gasteiger partial charge in [0.05, 0.1) is 23.8 Å². The lowest BCUT2D eigenvalue weighted by atomic mass is 9.80. The number of aryl methyl sites for hydroxylation is 1. The van der Waals surface area contributed by atoms with Crippen molar-refractivity contribution in [3.05, 3.63) is 47.2 Å². The molecule has 2 aromatic rings. The minimum absolute atomic E-state index is 0.0649. The maximum atomic E-state index is 15.5. The third kappa shape index (κ3) is 5.21. The van der Waals surface area contributed by atoms with Gasteiger partial charge in [0.1, 0.15) is 11.4 Å². The number of rotatable bonds is 7. The molecule has 0 amide bonds. The Balaban J connectivity index is 1.54. The molecule has 0 radical (unpaired) electrons. The Bertz CT molecular complexity index is 1100. The SMILES string of the molecule is CCC1CCc2cc(NS(=O)(=O)c3ccc(C4(F)CCC(OC)CC4)cc3)c(OC)nc2CN1. The summed E-state index contributed by atoms with van der Waals surface area (Å²) in [6.07, 6.45) is 4.89. The summed E-state index contributed by atoms with van der Waals surface area (Å²) < 4.78 is 55.1. The Hall–Kier alpha value is -2.23. The van der Waals surface area contributed by atoms with Crippen molar-refractivity contribution in [3.63, 3.8) is 0 Å². The van der Waals surface area contributed by atoms with Crippen LogP contribution in [0.1, 0.15) is 62.3 Å². The lowest BCUT2D eigenvalue weighted by Gasteiger charge is -2.33. The molecule has 0 bridgehead atoms. The number of aromatic nitrogens is 1. The number of benzene rings is 1. The van der Waals surface area contributed by atoms with Gasteiger partial charge in [0.15, 0.2) is 0 Å². The van der Waals surface area contributed by atoms with Gasteiger partial charge in [-0.05, 0) is 74.3 Å². The van der Waals surface area contributed by atoms with Gasteiger partial charge in [-0.15, -0.1) is 0 Å². The molecule has 34 heavy (non-hydrogen) atoms. The van der Waals surface area contributed by atoms with Crippen LogP contribution in [-0.4, -0.2) is 39.8 Å². The number of hydrogen-bond donors (Lipinski definition) is 2. The number of alkyl halides is 1. The number of anilines is 1.